The summed E-state index contributed by atoms with van der Waals surface area (Å²) >= 11 is 15.1. The van der Waals surface area contributed by atoms with Crippen molar-refractivity contribution in [2.45, 2.75) is 12.8 Å². The number of unbranched alkanes of at least 4 members (excludes halogenated alkanes) is 1. The zero-order chi connectivity index (χ0) is 29.1. The molecule has 0 atom stereocenters. The summed E-state index contributed by atoms with van der Waals surface area (Å²) < 4.78 is 1.34. The maximum absolute atomic E-state index is 13.2. The molecule has 6 nitrogen and oxygen atoms in total. The van der Waals surface area contributed by atoms with E-state index in [0.717, 1.165) is 31.6 Å². The van der Waals surface area contributed by atoms with Gasteiger partial charge in [-0.3, -0.25) is 9.59 Å². The standard InChI is InChI=1S/C32H24Cl2N4O2S2/c33-29-13-11-27(41-29)25-17-21(19-7-1-3-9-23(19)37-25)31(39)35-15-5-6-16-36-32(40)22-18-26(28-12-14-30(34)42-28)38-24-10-4-2-8-20(22)24/h1-4,7-14,17-18H,5-6,15-16H2,(H,35,39)(H,36,40). The highest BCUT2D eigenvalue weighted by Crippen LogP contribution is 2.33. The van der Waals surface area contributed by atoms with Crippen molar-refractivity contribution < 1.29 is 9.59 Å². The van der Waals surface area contributed by atoms with E-state index in [1.165, 1.54) is 22.7 Å². The van der Waals surface area contributed by atoms with Crippen LogP contribution in [0.4, 0.5) is 0 Å². The van der Waals surface area contributed by atoms with Crippen LogP contribution in [-0.2, 0) is 0 Å². The van der Waals surface area contributed by atoms with Crippen LogP contribution in [0.3, 0.4) is 0 Å². The molecule has 2 N–H and O–H groups in total. The highest BCUT2D eigenvalue weighted by molar-refractivity contribution is 7.19. The normalized spacial score (nSPS) is 11.2. The summed E-state index contributed by atoms with van der Waals surface area (Å²) in [6.45, 7) is 0.958. The van der Waals surface area contributed by atoms with Crippen molar-refractivity contribution in [3.05, 3.63) is 105 Å². The lowest BCUT2D eigenvalue weighted by molar-refractivity contribution is 0.0941. The molecule has 6 rings (SSSR count). The zero-order valence-corrected chi connectivity index (χ0v) is 25.3. The van der Waals surface area contributed by atoms with Gasteiger partial charge >= 0.3 is 0 Å². The fourth-order valence-corrected chi connectivity index (χ4v) is 6.73. The monoisotopic (exact) mass is 630 g/mol. The van der Waals surface area contributed by atoms with Gasteiger partial charge in [0.1, 0.15) is 0 Å². The van der Waals surface area contributed by atoms with Crippen LogP contribution in [-0.4, -0.2) is 34.9 Å². The minimum atomic E-state index is -0.161. The molecule has 0 unspecified atom stereocenters. The van der Waals surface area contributed by atoms with Gasteiger partial charge in [-0.2, -0.15) is 0 Å². The van der Waals surface area contributed by atoms with E-state index >= 15 is 0 Å². The Balaban J connectivity index is 1.07. The van der Waals surface area contributed by atoms with Crippen LogP contribution in [0.2, 0.25) is 8.67 Å². The Morgan fingerprint density at radius 1 is 0.619 bits per heavy atom. The minimum Gasteiger partial charge on any atom is -0.352 e. The number of hydrogen-bond donors (Lipinski definition) is 2. The van der Waals surface area contributed by atoms with Gasteiger partial charge in [-0.25, -0.2) is 9.97 Å². The van der Waals surface area contributed by atoms with Crippen molar-refractivity contribution in [3.63, 3.8) is 0 Å². The molecule has 4 heterocycles. The van der Waals surface area contributed by atoms with Gasteiger partial charge in [0, 0.05) is 23.9 Å². The number of hydrogen-bond acceptors (Lipinski definition) is 6. The van der Waals surface area contributed by atoms with E-state index in [0.29, 0.717) is 57.1 Å². The van der Waals surface area contributed by atoms with Gasteiger partial charge in [-0.1, -0.05) is 59.6 Å². The number of pyridine rings is 2. The molecule has 0 bridgehead atoms. The first kappa shape index (κ1) is 28.3. The van der Waals surface area contributed by atoms with Gasteiger partial charge in [-0.15, -0.1) is 22.7 Å². The molecule has 2 amide bonds. The number of para-hydroxylation sites is 2. The van der Waals surface area contributed by atoms with Gasteiger partial charge in [-0.05, 0) is 61.4 Å². The Morgan fingerprint density at radius 3 is 1.45 bits per heavy atom. The smallest absolute Gasteiger partial charge is 0.252 e. The number of carbonyl (C=O) groups is 2. The second-order valence-electron chi connectivity index (χ2n) is 9.57. The third kappa shape index (κ3) is 6.17. The van der Waals surface area contributed by atoms with Crippen molar-refractivity contribution in [2.24, 2.45) is 0 Å². The van der Waals surface area contributed by atoms with Crippen molar-refractivity contribution in [2.75, 3.05) is 13.1 Å². The van der Waals surface area contributed by atoms with Crippen LogP contribution in [0.5, 0.6) is 0 Å². The van der Waals surface area contributed by atoms with Crippen molar-refractivity contribution in [3.8, 4) is 21.1 Å². The molecule has 210 valence electrons. The average molecular weight is 632 g/mol. The number of nitrogens with zero attached hydrogens (tertiary/aromatic N) is 2. The summed E-state index contributed by atoms with van der Waals surface area (Å²) in [5.74, 6) is -0.322. The Hall–Kier alpha value is -3.82. The first-order chi connectivity index (χ1) is 20.5. The lowest BCUT2D eigenvalue weighted by Crippen LogP contribution is -2.27. The molecule has 0 aliphatic carbocycles. The third-order valence-corrected chi connectivity index (χ3v) is 9.25. The number of halogens is 2. The molecule has 42 heavy (non-hydrogen) atoms. The van der Waals surface area contributed by atoms with E-state index in [4.69, 9.17) is 33.2 Å². The second kappa shape index (κ2) is 12.6. The quantitative estimate of drug-likeness (QED) is 0.157. The fraction of sp³-hybridized carbons (Fsp3) is 0.125. The molecular formula is C32H24Cl2N4O2S2. The summed E-state index contributed by atoms with van der Waals surface area (Å²) in [6, 6.07) is 26.3. The number of benzene rings is 2. The molecule has 0 aliphatic heterocycles. The number of fused-ring (bicyclic) bond motifs is 2. The van der Waals surface area contributed by atoms with E-state index in [1.807, 2.05) is 84.9 Å². The van der Waals surface area contributed by atoms with E-state index in [2.05, 4.69) is 10.6 Å². The third-order valence-electron chi connectivity index (χ3n) is 6.75. The van der Waals surface area contributed by atoms with Gasteiger partial charge in [0.05, 0.1) is 52.0 Å². The summed E-state index contributed by atoms with van der Waals surface area (Å²) in [5.41, 5.74) is 4.07. The highest BCUT2D eigenvalue weighted by atomic mass is 35.5. The number of nitrogens with one attached hydrogen (secondary N) is 2. The van der Waals surface area contributed by atoms with Gasteiger partial charge in [0.15, 0.2) is 0 Å². The van der Waals surface area contributed by atoms with E-state index in [-0.39, 0.29) is 11.8 Å². The molecule has 0 radical (unpaired) electrons. The molecule has 2 aromatic carbocycles. The van der Waals surface area contributed by atoms with Crippen molar-refractivity contribution in [1.82, 2.24) is 20.6 Å². The Labute approximate surface area is 260 Å². The molecule has 0 saturated heterocycles. The van der Waals surface area contributed by atoms with Crippen LogP contribution < -0.4 is 10.6 Å². The van der Waals surface area contributed by atoms with Crippen molar-refractivity contribution >= 4 is 79.5 Å². The van der Waals surface area contributed by atoms with E-state index < -0.39 is 0 Å². The van der Waals surface area contributed by atoms with E-state index in [1.54, 1.807) is 0 Å². The fourth-order valence-electron chi connectivity index (χ4n) is 4.73. The summed E-state index contributed by atoms with van der Waals surface area (Å²) in [5, 5.41) is 7.64. The highest BCUT2D eigenvalue weighted by Gasteiger charge is 2.16. The Bertz CT molecular complexity index is 1800. The Kier molecular flexibility index (Phi) is 8.48. The molecule has 0 saturated carbocycles. The molecule has 0 fully saturated rings. The molecule has 6 aromatic rings. The molecule has 4 aromatic heterocycles. The number of thiophene rings is 2. The van der Waals surface area contributed by atoms with Gasteiger partial charge in [0.25, 0.3) is 11.8 Å². The van der Waals surface area contributed by atoms with Crippen LogP contribution >= 0.6 is 45.9 Å². The van der Waals surface area contributed by atoms with Crippen LogP contribution in [0.15, 0.2) is 84.9 Å². The zero-order valence-electron chi connectivity index (χ0n) is 22.2. The van der Waals surface area contributed by atoms with Crippen molar-refractivity contribution in [1.29, 1.82) is 0 Å². The predicted octanol–water partition coefficient (Wildman–Crippen LogP) is 8.49. The molecule has 10 heteroatoms. The largest absolute Gasteiger partial charge is 0.352 e. The van der Waals surface area contributed by atoms with Crippen LogP contribution in [0.1, 0.15) is 33.6 Å². The van der Waals surface area contributed by atoms with Crippen LogP contribution in [0, 0.1) is 0 Å². The molecular weight excluding hydrogens is 607 g/mol. The number of rotatable bonds is 9. The van der Waals surface area contributed by atoms with E-state index in [9.17, 15) is 9.59 Å². The lowest BCUT2D eigenvalue weighted by Gasteiger charge is -2.11. The maximum Gasteiger partial charge on any atom is 0.252 e. The number of aromatic nitrogens is 2. The first-order valence-corrected chi connectivity index (χ1v) is 15.7. The second-order valence-corrected chi connectivity index (χ2v) is 13.0. The molecule has 0 spiro atoms. The maximum atomic E-state index is 13.2. The average Bonchev–Trinajstić information content (AvgIpc) is 3.65. The topological polar surface area (TPSA) is 84.0 Å². The van der Waals surface area contributed by atoms with Gasteiger partial charge in [0.2, 0.25) is 0 Å². The molecule has 0 aliphatic rings. The summed E-state index contributed by atoms with van der Waals surface area (Å²) in [6.07, 6.45) is 1.41. The number of carbonyl (C=O) groups excluding carboxylic acids is 2. The van der Waals surface area contributed by atoms with Crippen LogP contribution in [0.25, 0.3) is 42.9 Å². The van der Waals surface area contributed by atoms with Gasteiger partial charge < -0.3 is 10.6 Å². The Morgan fingerprint density at radius 2 is 1.05 bits per heavy atom. The SMILES string of the molecule is O=C(NCCCCNC(=O)c1cc(-c2ccc(Cl)s2)nc2ccccc12)c1cc(-c2ccc(Cl)s2)nc2ccccc12. The summed E-state index contributed by atoms with van der Waals surface area (Å²) in [4.78, 5) is 37.7. The predicted molar refractivity (Wildman–Crippen MR) is 174 cm³/mol. The lowest BCUT2D eigenvalue weighted by atomic mass is 10.1. The number of amides is 2. The first-order valence-electron chi connectivity index (χ1n) is 13.3. The summed E-state index contributed by atoms with van der Waals surface area (Å²) in [7, 11) is 0. The minimum absolute atomic E-state index is 0.161.